The molecule has 0 radical (unpaired) electrons. The molecule has 0 saturated carbocycles. The van der Waals surface area contributed by atoms with Gasteiger partial charge in [-0.3, -0.25) is 4.79 Å². The van der Waals surface area contributed by atoms with Crippen molar-refractivity contribution in [3.63, 3.8) is 0 Å². The average Bonchev–Trinajstić information content (AvgIpc) is 3.14. The van der Waals surface area contributed by atoms with Crippen LogP contribution in [0.15, 0.2) is 0 Å². The Morgan fingerprint density at radius 2 is 2.14 bits per heavy atom. The molecule has 0 spiro atoms. The van der Waals surface area contributed by atoms with Crippen molar-refractivity contribution in [3.05, 3.63) is 5.01 Å². The second-order valence-corrected chi connectivity index (χ2v) is 6.64. The van der Waals surface area contributed by atoms with Crippen molar-refractivity contribution in [1.82, 2.24) is 20.4 Å². The Morgan fingerprint density at radius 3 is 2.86 bits per heavy atom. The number of carbonyl (C=O) groups is 1. The first-order valence-electron chi connectivity index (χ1n) is 7.77. The topological polar surface area (TPSA) is 70.1 Å². The Hall–Kier alpha value is -1.21. The molecule has 2 rings (SSSR count). The van der Waals surface area contributed by atoms with Gasteiger partial charge in [-0.1, -0.05) is 25.2 Å². The first-order valence-corrected chi connectivity index (χ1v) is 8.58. The van der Waals surface area contributed by atoms with E-state index in [1.54, 1.807) is 0 Å². The summed E-state index contributed by atoms with van der Waals surface area (Å²) in [6.45, 7) is 9.24. The smallest absolute Gasteiger partial charge is 0.282 e. The Labute approximate surface area is 130 Å². The molecule has 118 valence electrons. The van der Waals surface area contributed by atoms with Crippen LogP contribution >= 0.6 is 11.3 Å². The SMILES string of the molecule is CCCNc1nnc(C(=O)NCC(C)CN2CCCC2)s1. The van der Waals surface area contributed by atoms with Gasteiger partial charge < -0.3 is 15.5 Å². The van der Waals surface area contributed by atoms with Gasteiger partial charge >= 0.3 is 0 Å². The van der Waals surface area contributed by atoms with E-state index >= 15 is 0 Å². The highest BCUT2D eigenvalue weighted by Crippen LogP contribution is 2.15. The van der Waals surface area contributed by atoms with Gasteiger partial charge in [-0.25, -0.2) is 0 Å². The van der Waals surface area contributed by atoms with E-state index < -0.39 is 0 Å². The van der Waals surface area contributed by atoms with E-state index in [0.29, 0.717) is 22.6 Å². The summed E-state index contributed by atoms with van der Waals surface area (Å²) in [5, 5.41) is 15.2. The molecule has 1 amide bonds. The highest BCUT2D eigenvalue weighted by molar-refractivity contribution is 7.17. The second kappa shape index (κ2) is 8.29. The number of likely N-dealkylation sites (tertiary alicyclic amines) is 1. The van der Waals surface area contributed by atoms with Crippen LogP contribution in [0.5, 0.6) is 0 Å². The number of hydrogen-bond acceptors (Lipinski definition) is 6. The van der Waals surface area contributed by atoms with Crippen LogP contribution in [0.4, 0.5) is 5.13 Å². The molecule has 1 saturated heterocycles. The molecular weight excluding hydrogens is 286 g/mol. The van der Waals surface area contributed by atoms with Crippen LogP contribution in [0.3, 0.4) is 0 Å². The standard InChI is InChI=1S/C14H25N5OS/c1-3-6-15-14-18-17-13(21-14)12(20)16-9-11(2)10-19-7-4-5-8-19/h11H,3-10H2,1-2H3,(H,15,18)(H,16,20). The van der Waals surface area contributed by atoms with E-state index in [2.05, 4.69) is 39.6 Å². The van der Waals surface area contributed by atoms with E-state index in [1.165, 1.54) is 37.3 Å². The average molecular weight is 311 g/mol. The maximum atomic E-state index is 12.0. The van der Waals surface area contributed by atoms with Gasteiger partial charge in [0.15, 0.2) is 0 Å². The zero-order valence-electron chi connectivity index (χ0n) is 12.9. The highest BCUT2D eigenvalue weighted by atomic mass is 32.1. The summed E-state index contributed by atoms with van der Waals surface area (Å²) < 4.78 is 0. The summed E-state index contributed by atoms with van der Waals surface area (Å²) in [5.74, 6) is 0.336. The third-order valence-corrected chi connectivity index (χ3v) is 4.40. The Balaban J connectivity index is 1.71. The summed E-state index contributed by atoms with van der Waals surface area (Å²) >= 11 is 1.31. The largest absolute Gasteiger partial charge is 0.360 e. The minimum Gasteiger partial charge on any atom is -0.360 e. The fourth-order valence-electron chi connectivity index (χ4n) is 2.43. The minimum absolute atomic E-state index is 0.120. The van der Waals surface area contributed by atoms with E-state index in [1.807, 2.05) is 0 Å². The maximum absolute atomic E-state index is 12.0. The third-order valence-electron chi connectivity index (χ3n) is 3.53. The fraction of sp³-hybridized carbons (Fsp3) is 0.786. The molecule has 1 aliphatic heterocycles. The Kier molecular flexibility index (Phi) is 6.38. The van der Waals surface area contributed by atoms with Crippen molar-refractivity contribution in [2.24, 2.45) is 5.92 Å². The first-order chi connectivity index (χ1) is 10.2. The molecule has 2 N–H and O–H groups in total. The van der Waals surface area contributed by atoms with E-state index in [-0.39, 0.29) is 5.91 Å². The molecule has 1 aromatic rings. The number of aromatic nitrogens is 2. The van der Waals surface area contributed by atoms with Gasteiger partial charge in [-0.15, -0.1) is 10.2 Å². The molecule has 1 aromatic heterocycles. The van der Waals surface area contributed by atoms with Crippen molar-refractivity contribution in [2.75, 3.05) is 38.0 Å². The van der Waals surface area contributed by atoms with Gasteiger partial charge in [0.1, 0.15) is 0 Å². The Bertz CT molecular complexity index is 444. The molecule has 1 fully saturated rings. The van der Waals surface area contributed by atoms with Crippen molar-refractivity contribution in [2.45, 2.75) is 33.1 Å². The first kappa shape index (κ1) is 16.2. The lowest BCUT2D eigenvalue weighted by Gasteiger charge is -2.20. The predicted octanol–water partition coefficient (Wildman–Crippen LogP) is 1.82. The lowest BCUT2D eigenvalue weighted by molar-refractivity contribution is 0.0944. The summed E-state index contributed by atoms with van der Waals surface area (Å²) in [5.41, 5.74) is 0. The number of nitrogens with one attached hydrogen (secondary N) is 2. The molecule has 1 atom stereocenters. The van der Waals surface area contributed by atoms with Crippen LogP contribution in [0.25, 0.3) is 0 Å². The number of nitrogens with zero attached hydrogens (tertiary/aromatic N) is 3. The molecule has 21 heavy (non-hydrogen) atoms. The molecule has 7 heteroatoms. The number of carbonyl (C=O) groups excluding carboxylic acids is 1. The van der Waals surface area contributed by atoms with Gasteiger partial charge in [0.05, 0.1) is 0 Å². The van der Waals surface area contributed by atoms with Gasteiger partial charge in [-0.05, 0) is 38.3 Å². The van der Waals surface area contributed by atoms with Gasteiger partial charge in [0.2, 0.25) is 10.1 Å². The van der Waals surface area contributed by atoms with E-state index in [4.69, 9.17) is 0 Å². The zero-order valence-corrected chi connectivity index (χ0v) is 13.7. The Morgan fingerprint density at radius 1 is 1.38 bits per heavy atom. The number of hydrogen-bond donors (Lipinski definition) is 2. The van der Waals surface area contributed by atoms with Crippen molar-refractivity contribution in [3.8, 4) is 0 Å². The minimum atomic E-state index is -0.120. The number of amides is 1. The fourth-order valence-corrected chi connectivity index (χ4v) is 3.12. The third kappa shape index (κ3) is 5.24. The summed E-state index contributed by atoms with van der Waals surface area (Å²) in [6.07, 6.45) is 3.63. The van der Waals surface area contributed by atoms with Crippen LogP contribution in [-0.4, -0.2) is 53.7 Å². The summed E-state index contributed by atoms with van der Waals surface area (Å²) in [4.78, 5) is 14.5. The van der Waals surface area contributed by atoms with Crippen molar-refractivity contribution < 1.29 is 4.79 Å². The van der Waals surface area contributed by atoms with Gasteiger partial charge in [-0.2, -0.15) is 0 Å². The molecule has 1 aliphatic rings. The van der Waals surface area contributed by atoms with Crippen LogP contribution in [0.2, 0.25) is 0 Å². The molecule has 6 nitrogen and oxygen atoms in total. The number of anilines is 1. The molecule has 0 bridgehead atoms. The normalized spacial score (nSPS) is 16.9. The maximum Gasteiger partial charge on any atom is 0.282 e. The van der Waals surface area contributed by atoms with Crippen molar-refractivity contribution in [1.29, 1.82) is 0 Å². The second-order valence-electron chi connectivity index (χ2n) is 5.66. The molecular formula is C14H25N5OS. The monoisotopic (exact) mass is 311 g/mol. The lowest BCUT2D eigenvalue weighted by atomic mass is 10.1. The predicted molar refractivity (Wildman–Crippen MR) is 85.9 cm³/mol. The van der Waals surface area contributed by atoms with Crippen LogP contribution < -0.4 is 10.6 Å². The number of rotatable bonds is 8. The van der Waals surface area contributed by atoms with E-state index in [9.17, 15) is 4.79 Å². The molecule has 2 heterocycles. The van der Waals surface area contributed by atoms with Crippen LogP contribution in [-0.2, 0) is 0 Å². The quantitative estimate of drug-likeness (QED) is 0.766. The van der Waals surface area contributed by atoms with Crippen LogP contribution in [0, 0.1) is 5.92 Å². The van der Waals surface area contributed by atoms with E-state index in [0.717, 1.165) is 19.5 Å². The molecule has 0 aromatic carbocycles. The van der Waals surface area contributed by atoms with Crippen LogP contribution in [0.1, 0.15) is 42.9 Å². The molecule has 1 unspecified atom stereocenters. The summed E-state index contributed by atoms with van der Waals surface area (Å²) in [6, 6.07) is 0. The molecule has 0 aliphatic carbocycles. The van der Waals surface area contributed by atoms with Gasteiger partial charge in [0.25, 0.3) is 5.91 Å². The highest BCUT2D eigenvalue weighted by Gasteiger charge is 2.17. The van der Waals surface area contributed by atoms with Gasteiger partial charge in [0, 0.05) is 19.6 Å². The van der Waals surface area contributed by atoms with Crippen molar-refractivity contribution >= 4 is 22.4 Å². The lowest BCUT2D eigenvalue weighted by Crippen LogP contribution is -2.34. The zero-order chi connectivity index (χ0) is 15.1. The summed E-state index contributed by atoms with van der Waals surface area (Å²) in [7, 11) is 0.